The summed E-state index contributed by atoms with van der Waals surface area (Å²) < 4.78 is 0. The Hall–Kier alpha value is -2.95. The summed E-state index contributed by atoms with van der Waals surface area (Å²) in [5.41, 5.74) is 1.42. The van der Waals surface area contributed by atoms with Gasteiger partial charge in [0.15, 0.2) is 5.78 Å². The topological polar surface area (TPSA) is 83.5 Å². The zero-order chi connectivity index (χ0) is 16.8. The van der Waals surface area contributed by atoms with Crippen LogP contribution in [0.2, 0.25) is 0 Å². The van der Waals surface area contributed by atoms with Gasteiger partial charge in [0.05, 0.1) is 11.6 Å². The molecule has 0 saturated carbocycles. The average Bonchev–Trinajstić information content (AvgIpc) is 2.54. The van der Waals surface area contributed by atoms with Crippen molar-refractivity contribution in [3.63, 3.8) is 0 Å². The number of hydrogen-bond donors (Lipinski definition) is 2. The van der Waals surface area contributed by atoms with Gasteiger partial charge < -0.3 is 10.4 Å². The maximum atomic E-state index is 12.3. The molecule has 2 aromatic rings. The summed E-state index contributed by atoms with van der Waals surface area (Å²) in [6.07, 6.45) is 0.107. The van der Waals surface area contributed by atoms with Crippen LogP contribution in [-0.4, -0.2) is 22.8 Å². The van der Waals surface area contributed by atoms with Gasteiger partial charge in [0, 0.05) is 18.9 Å². The number of carbonyl (C=O) groups is 3. The number of carbonyl (C=O) groups excluding carboxylic acids is 2. The molecule has 2 aromatic carbocycles. The van der Waals surface area contributed by atoms with E-state index in [1.165, 1.54) is 19.1 Å². The molecule has 1 atom stereocenters. The highest BCUT2D eigenvalue weighted by atomic mass is 16.4. The van der Waals surface area contributed by atoms with E-state index in [1.807, 2.05) is 6.07 Å². The Labute approximate surface area is 134 Å². The summed E-state index contributed by atoms with van der Waals surface area (Å²) in [7, 11) is 0. The summed E-state index contributed by atoms with van der Waals surface area (Å²) >= 11 is 0. The number of ketones is 1. The number of aromatic carboxylic acids is 1. The molecule has 0 aliphatic heterocycles. The lowest BCUT2D eigenvalue weighted by Gasteiger charge is -2.18. The van der Waals surface area contributed by atoms with E-state index in [4.69, 9.17) is 5.11 Å². The third kappa shape index (κ3) is 4.51. The number of hydrogen-bond acceptors (Lipinski definition) is 3. The molecule has 0 bridgehead atoms. The fraction of sp³-hybridized carbons (Fsp3) is 0.167. The SMILES string of the molecule is CC(=O)NC(CC(=O)c1ccccc1)c1ccc(C(=O)O)cc1. The Kier molecular flexibility index (Phi) is 5.25. The third-order valence-corrected chi connectivity index (χ3v) is 3.42. The Morgan fingerprint density at radius 2 is 1.57 bits per heavy atom. The van der Waals surface area contributed by atoms with E-state index in [0.717, 1.165) is 0 Å². The molecule has 0 fully saturated rings. The van der Waals surface area contributed by atoms with Gasteiger partial charge in [0.25, 0.3) is 0 Å². The monoisotopic (exact) mass is 311 g/mol. The molecule has 0 aliphatic rings. The lowest BCUT2D eigenvalue weighted by atomic mass is 9.97. The summed E-state index contributed by atoms with van der Waals surface area (Å²) in [4.78, 5) is 34.6. The van der Waals surface area contributed by atoms with Gasteiger partial charge in [-0.2, -0.15) is 0 Å². The van der Waals surface area contributed by atoms with Crippen molar-refractivity contribution in [2.45, 2.75) is 19.4 Å². The van der Waals surface area contributed by atoms with Crippen molar-refractivity contribution >= 4 is 17.7 Å². The minimum atomic E-state index is -1.02. The molecule has 0 saturated heterocycles. The fourth-order valence-corrected chi connectivity index (χ4v) is 2.28. The van der Waals surface area contributed by atoms with Crippen molar-refractivity contribution in [1.82, 2.24) is 5.32 Å². The number of amides is 1. The van der Waals surface area contributed by atoms with Gasteiger partial charge in [0.2, 0.25) is 5.91 Å². The first-order valence-corrected chi connectivity index (χ1v) is 7.16. The van der Waals surface area contributed by atoms with Crippen molar-refractivity contribution in [3.05, 3.63) is 71.3 Å². The Morgan fingerprint density at radius 1 is 0.957 bits per heavy atom. The molecule has 1 amide bonds. The molecule has 118 valence electrons. The summed E-state index contributed by atoms with van der Waals surface area (Å²) in [5.74, 6) is -1.36. The minimum absolute atomic E-state index is 0.0911. The second-order valence-corrected chi connectivity index (χ2v) is 5.17. The zero-order valence-electron chi connectivity index (χ0n) is 12.7. The number of carboxylic acids is 1. The molecule has 1 unspecified atom stereocenters. The van der Waals surface area contributed by atoms with Gasteiger partial charge in [-0.25, -0.2) is 4.79 Å². The van der Waals surface area contributed by atoms with Crippen molar-refractivity contribution < 1.29 is 19.5 Å². The molecular formula is C18H17NO4. The predicted octanol–water partition coefficient (Wildman–Crippen LogP) is 2.84. The summed E-state index contributed by atoms with van der Waals surface area (Å²) in [6.45, 7) is 1.38. The van der Waals surface area contributed by atoms with E-state index in [2.05, 4.69) is 5.32 Å². The normalized spacial score (nSPS) is 11.5. The Balaban J connectivity index is 2.21. The van der Waals surface area contributed by atoms with Gasteiger partial charge >= 0.3 is 5.97 Å². The molecule has 23 heavy (non-hydrogen) atoms. The second-order valence-electron chi connectivity index (χ2n) is 5.17. The number of carboxylic acid groups (broad SMARTS) is 1. The highest BCUT2D eigenvalue weighted by Crippen LogP contribution is 2.20. The van der Waals surface area contributed by atoms with E-state index in [1.54, 1.807) is 36.4 Å². The molecule has 0 aliphatic carbocycles. The number of nitrogens with one attached hydrogen (secondary N) is 1. The van der Waals surface area contributed by atoms with Crippen LogP contribution in [-0.2, 0) is 4.79 Å². The van der Waals surface area contributed by atoms with Crippen LogP contribution in [0.25, 0.3) is 0 Å². The fourth-order valence-electron chi connectivity index (χ4n) is 2.28. The van der Waals surface area contributed by atoms with Crippen molar-refractivity contribution in [2.24, 2.45) is 0 Å². The maximum Gasteiger partial charge on any atom is 0.335 e. The second kappa shape index (κ2) is 7.35. The molecule has 2 N–H and O–H groups in total. The molecule has 0 radical (unpaired) electrons. The van der Waals surface area contributed by atoms with Crippen molar-refractivity contribution in [2.75, 3.05) is 0 Å². The van der Waals surface area contributed by atoms with Crippen LogP contribution < -0.4 is 5.32 Å². The van der Waals surface area contributed by atoms with E-state index >= 15 is 0 Å². The lowest BCUT2D eigenvalue weighted by Crippen LogP contribution is -2.28. The number of benzene rings is 2. The van der Waals surface area contributed by atoms with E-state index in [0.29, 0.717) is 11.1 Å². The highest BCUT2D eigenvalue weighted by Gasteiger charge is 2.18. The Morgan fingerprint density at radius 3 is 2.09 bits per heavy atom. The van der Waals surface area contributed by atoms with Gasteiger partial charge in [-0.15, -0.1) is 0 Å². The molecule has 2 rings (SSSR count). The van der Waals surface area contributed by atoms with Crippen LogP contribution in [0.1, 0.15) is 45.7 Å². The molecule has 0 spiro atoms. The predicted molar refractivity (Wildman–Crippen MR) is 85.3 cm³/mol. The summed E-state index contributed by atoms with van der Waals surface area (Å²) in [5, 5.41) is 11.7. The largest absolute Gasteiger partial charge is 0.478 e. The van der Waals surface area contributed by atoms with E-state index in [-0.39, 0.29) is 23.7 Å². The van der Waals surface area contributed by atoms with Crippen LogP contribution in [0, 0.1) is 0 Å². The van der Waals surface area contributed by atoms with Gasteiger partial charge in [0.1, 0.15) is 0 Å². The minimum Gasteiger partial charge on any atom is -0.478 e. The van der Waals surface area contributed by atoms with Crippen LogP contribution in [0.5, 0.6) is 0 Å². The van der Waals surface area contributed by atoms with Crippen LogP contribution in [0.3, 0.4) is 0 Å². The van der Waals surface area contributed by atoms with Crippen molar-refractivity contribution in [1.29, 1.82) is 0 Å². The third-order valence-electron chi connectivity index (χ3n) is 3.42. The first-order chi connectivity index (χ1) is 11.0. The smallest absolute Gasteiger partial charge is 0.335 e. The number of rotatable bonds is 6. The lowest BCUT2D eigenvalue weighted by molar-refractivity contribution is -0.119. The van der Waals surface area contributed by atoms with Gasteiger partial charge in [-0.3, -0.25) is 9.59 Å². The number of Topliss-reactive ketones (excluding diaryl/α,β-unsaturated/α-hetero) is 1. The first-order valence-electron chi connectivity index (χ1n) is 7.16. The van der Waals surface area contributed by atoms with E-state index in [9.17, 15) is 14.4 Å². The Bertz CT molecular complexity index is 708. The molecule has 5 nitrogen and oxygen atoms in total. The molecule has 0 aromatic heterocycles. The molecule has 5 heteroatoms. The first kappa shape index (κ1) is 16.4. The maximum absolute atomic E-state index is 12.3. The van der Waals surface area contributed by atoms with E-state index < -0.39 is 12.0 Å². The van der Waals surface area contributed by atoms with Crippen LogP contribution >= 0.6 is 0 Å². The van der Waals surface area contributed by atoms with Gasteiger partial charge in [-0.05, 0) is 17.7 Å². The molecular weight excluding hydrogens is 294 g/mol. The zero-order valence-corrected chi connectivity index (χ0v) is 12.7. The van der Waals surface area contributed by atoms with Crippen LogP contribution in [0.4, 0.5) is 0 Å². The average molecular weight is 311 g/mol. The van der Waals surface area contributed by atoms with Crippen LogP contribution in [0.15, 0.2) is 54.6 Å². The highest BCUT2D eigenvalue weighted by molar-refractivity contribution is 5.96. The molecule has 0 heterocycles. The van der Waals surface area contributed by atoms with Crippen molar-refractivity contribution in [3.8, 4) is 0 Å². The standard InChI is InChI=1S/C18H17NO4/c1-12(20)19-16(11-17(21)14-5-3-2-4-6-14)13-7-9-15(10-8-13)18(22)23/h2-10,16H,11H2,1H3,(H,19,20)(H,22,23). The quantitative estimate of drug-likeness (QED) is 0.804. The summed E-state index contributed by atoms with van der Waals surface area (Å²) in [6, 6.07) is 14.5. The van der Waals surface area contributed by atoms with Gasteiger partial charge in [-0.1, -0.05) is 42.5 Å².